The molecule has 0 amide bonds. The second kappa shape index (κ2) is 4.57. The molecule has 0 saturated heterocycles. The van der Waals surface area contributed by atoms with Crippen LogP contribution in [0.15, 0.2) is 23.6 Å². The highest BCUT2D eigenvalue weighted by atomic mass is 32.2. The molecule has 0 unspecified atom stereocenters. The van der Waals surface area contributed by atoms with Gasteiger partial charge in [0.05, 0.1) is 0 Å². The Hall–Kier alpha value is -0.220. The predicted octanol–water partition coefficient (Wildman–Crippen LogP) is 1.89. The summed E-state index contributed by atoms with van der Waals surface area (Å²) in [6.45, 7) is 0. The van der Waals surface area contributed by atoms with Crippen LogP contribution in [0.1, 0.15) is 0 Å². The summed E-state index contributed by atoms with van der Waals surface area (Å²) in [5.41, 5.74) is 0. The summed E-state index contributed by atoms with van der Waals surface area (Å²) in [6, 6.07) is 1.82. The van der Waals surface area contributed by atoms with Gasteiger partial charge in [0.15, 0.2) is 5.16 Å². The maximum atomic E-state index is 4.05. The number of rotatable bonds is 3. The lowest BCUT2D eigenvalue weighted by Gasteiger charge is -1.93. The molecule has 54 valence electrons. The van der Waals surface area contributed by atoms with Gasteiger partial charge in [0.1, 0.15) is 0 Å². The molecule has 0 fully saturated rings. The van der Waals surface area contributed by atoms with E-state index in [0.717, 1.165) is 10.2 Å². The molecule has 0 aliphatic heterocycles. The Kier molecular flexibility index (Phi) is 3.60. The van der Waals surface area contributed by atoms with Crippen molar-refractivity contribution in [2.75, 3.05) is 11.3 Å². The first-order valence-electron chi connectivity index (χ1n) is 2.82. The summed E-state index contributed by atoms with van der Waals surface area (Å²) in [6.07, 6.45) is 5.58. The zero-order valence-corrected chi connectivity index (χ0v) is 7.28. The fraction of sp³-hybridized carbons (Fsp3) is 0.333. The van der Waals surface area contributed by atoms with Crippen LogP contribution in [0.4, 0.5) is 0 Å². The Morgan fingerprint density at radius 2 is 2.10 bits per heavy atom. The number of hydrogen-bond acceptors (Lipinski definition) is 4. The van der Waals surface area contributed by atoms with Crippen LogP contribution in [-0.4, -0.2) is 21.3 Å². The monoisotopic (exact) mass is 172 g/mol. The van der Waals surface area contributed by atoms with Gasteiger partial charge in [-0.2, -0.15) is 11.8 Å². The number of aromatic nitrogens is 2. The normalized spacial score (nSPS) is 9.70. The summed E-state index contributed by atoms with van der Waals surface area (Å²) in [5.74, 6) is 0. The van der Waals surface area contributed by atoms with Gasteiger partial charge >= 0.3 is 0 Å². The molecular weight excluding hydrogens is 164 g/mol. The average Bonchev–Trinajstić information content (AvgIpc) is 2.03. The van der Waals surface area contributed by atoms with E-state index in [0.29, 0.717) is 0 Å². The maximum Gasteiger partial charge on any atom is 0.188 e. The maximum absolute atomic E-state index is 4.05. The summed E-state index contributed by atoms with van der Waals surface area (Å²) >= 11 is 3.44. The van der Waals surface area contributed by atoms with Crippen molar-refractivity contribution < 1.29 is 0 Å². The minimum Gasteiger partial charge on any atom is -0.231 e. The first-order valence-corrected chi connectivity index (χ1v) is 5.20. The Labute approximate surface area is 68.8 Å². The molecule has 1 heterocycles. The van der Waals surface area contributed by atoms with Gasteiger partial charge in [-0.1, -0.05) is 11.8 Å². The molecule has 0 aromatic carbocycles. The SMILES string of the molecule is CSCSc1ncccn1. The average molecular weight is 172 g/mol. The van der Waals surface area contributed by atoms with E-state index in [4.69, 9.17) is 0 Å². The van der Waals surface area contributed by atoms with E-state index in [9.17, 15) is 0 Å². The van der Waals surface area contributed by atoms with E-state index in [2.05, 4.69) is 16.2 Å². The van der Waals surface area contributed by atoms with Crippen LogP contribution in [0.25, 0.3) is 0 Å². The number of nitrogens with zero attached hydrogens (tertiary/aromatic N) is 2. The third-order valence-electron chi connectivity index (χ3n) is 0.848. The van der Waals surface area contributed by atoms with Crippen molar-refractivity contribution in [2.45, 2.75) is 5.16 Å². The fourth-order valence-electron chi connectivity index (χ4n) is 0.472. The Bertz CT molecular complexity index is 178. The topological polar surface area (TPSA) is 25.8 Å². The van der Waals surface area contributed by atoms with Gasteiger partial charge in [-0.3, -0.25) is 0 Å². The molecule has 4 heteroatoms. The molecule has 1 aromatic rings. The summed E-state index contributed by atoms with van der Waals surface area (Å²) < 4.78 is 0. The quantitative estimate of drug-likeness (QED) is 0.395. The van der Waals surface area contributed by atoms with Crippen LogP contribution in [-0.2, 0) is 0 Å². The first kappa shape index (κ1) is 7.88. The minimum atomic E-state index is 0.858. The van der Waals surface area contributed by atoms with Gasteiger partial charge in [0.2, 0.25) is 0 Å². The fourth-order valence-corrected chi connectivity index (χ4v) is 1.64. The van der Waals surface area contributed by atoms with Crippen LogP contribution in [0, 0.1) is 0 Å². The lowest BCUT2D eigenvalue weighted by Crippen LogP contribution is -1.82. The van der Waals surface area contributed by atoms with Gasteiger partial charge < -0.3 is 0 Å². The molecule has 1 aromatic heterocycles. The molecule has 0 atom stereocenters. The second-order valence-electron chi connectivity index (χ2n) is 1.58. The van der Waals surface area contributed by atoms with Crippen LogP contribution in [0.2, 0.25) is 0 Å². The van der Waals surface area contributed by atoms with E-state index in [1.54, 1.807) is 35.9 Å². The van der Waals surface area contributed by atoms with Gasteiger partial charge in [-0.25, -0.2) is 9.97 Å². The Morgan fingerprint density at radius 1 is 1.40 bits per heavy atom. The highest BCUT2D eigenvalue weighted by Crippen LogP contribution is 2.15. The molecule has 0 N–H and O–H groups in total. The van der Waals surface area contributed by atoms with Crippen molar-refractivity contribution in [3.8, 4) is 0 Å². The number of thioether (sulfide) groups is 2. The van der Waals surface area contributed by atoms with Crippen molar-refractivity contribution in [1.29, 1.82) is 0 Å². The molecule has 0 spiro atoms. The summed E-state index contributed by atoms with van der Waals surface area (Å²) in [7, 11) is 0. The van der Waals surface area contributed by atoms with Crippen LogP contribution in [0.3, 0.4) is 0 Å². The molecule has 0 radical (unpaired) electrons. The van der Waals surface area contributed by atoms with E-state index in [-0.39, 0.29) is 0 Å². The first-order chi connectivity index (χ1) is 4.93. The van der Waals surface area contributed by atoms with Crippen molar-refractivity contribution >= 4 is 23.5 Å². The molecule has 2 nitrogen and oxygen atoms in total. The van der Waals surface area contributed by atoms with Gasteiger partial charge in [-0.15, -0.1) is 0 Å². The van der Waals surface area contributed by atoms with Crippen molar-refractivity contribution in [3.63, 3.8) is 0 Å². The molecule has 1 rings (SSSR count). The third-order valence-corrected chi connectivity index (χ3v) is 2.73. The molecule has 0 saturated carbocycles. The van der Waals surface area contributed by atoms with E-state index in [1.807, 2.05) is 6.07 Å². The van der Waals surface area contributed by atoms with Crippen LogP contribution in [0.5, 0.6) is 0 Å². The highest BCUT2D eigenvalue weighted by molar-refractivity contribution is 8.15. The molecule has 0 aliphatic rings. The largest absolute Gasteiger partial charge is 0.231 e. The van der Waals surface area contributed by atoms with Gasteiger partial charge in [-0.05, 0) is 12.3 Å². The van der Waals surface area contributed by atoms with Gasteiger partial charge in [0.25, 0.3) is 0 Å². The van der Waals surface area contributed by atoms with Crippen LogP contribution >= 0.6 is 23.5 Å². The minimum absolute atomic E-state index is 0.858. The zero-order valence-electron chi connectivity index (χ0n) is 5.65. The van der Waals surface area contributed by atoms with Gasteiger partial charge in [0, 0.05) is 17.5 Å². The van der Waals surface area contributed by atoms with E-state index in [1.165, 1.54) is 0 Å². The Balaban J connectivity index is 2.43. The lowest BCUT2D eigenvalue weighted by atomic mass is 10.7. The van der Waals surface area contributed by atoms with Crippen molar-refractivity contribution in [3.05, 3.63) is 18.5 Å². The smallest absolute Gasteiger partial charge is 0.188 e. The summed E-state index contributed by atoms with van der Waals surface area (Å²) in [4.78, 5) is 8.11. The zero-order chi connectivity index (χ0) is 7.23. The van der Waals surface area contributed by atoms with Crippen LogP contribution < -0.4 is 0 Å². The third kappa shape index (κ3) is 2.58. The second-order valence-corrected chi connectivity index (χ2v) is 3.76. The highest BCUT2D eigenvalue weighted by Gasteiger charge is 1.91. The van der Waals surface area contributed by atoms with Crippen molar-refractivity contribution in [1.82, 2.24) is 9.97 Å². The summed E-state index contributed by atoms with van der Waals surface area (Å²) in [5, 5.41) is 1.88. The molecule has 0 aliphatic carbocycles. The van der Waals surface area contributed by atoms with Crippen molar-refractivity contribution in [2.24, 2.45) is 0 Å². The molecule has 0 bridgehead atoms. The molecular formula is C6H8N2S2. The van der Waals surface area contributed by atoms with E-state index < -0.39 is 0 Å². The predicted molar refractivity (Wildman–Crippen MR) is 46.3 cm³/mol. The standard InChI is InChI=1S/C6H8N2S2/c1-9-5-10-6-7-3-2-4-8-6/h2-4H,5H2,1H3. The van der Waals surface area contributed by atoms with E-state index >= 15 is 0 Å². The lowest BCUT2D eigenvalue weighted by molar-refractivity contribution is 0.970. The molecule has 10 heavy (non-hydrogen) atoms. The number of hydrogen-bond donors (Lipinski definition) is 0. The Morgan fingerprint density at radius 3 is 2.70 bits per heavy atom.